The van der Waals surface area contributed by atoms with E-state index in [0.717, 1.165) is 22.3 Å². The van der Waals surface area contributed by atoms with Gasteiger partial charge in [0.05, 0.1) is 33.5 Å². The summed E-state index contributed by atoms with van der Waals surface area (Å²) in [4.78, 5) is 10.2. The molecule has 0 unspecified atom stereocenters. The van der Waals surface area contributed by atoms with Crippen molar-refractivity contribution in [3.63, 3.8) is 0 Å². The molecule has 0 atom stereocenters. The number of hydrogen-bond acceptors (Lipinski definition) is 3. The van der Waals surface area contributed by atoms with E-state index in [1.54, 1.807) is 6.07 Å². The maximum absolute atomic E-state index is 12.0. The zero-order valence-electron chi connectivity index (χ0n) is 51.5. The molecule has 0 amide bonds. The Bertz CT molecular complexity index is 4010. The molecule has 316 valence electrons. The van der Waals surface area contributed by atoms with Crippen LogP contribution in [0, 0.1) is 20.7 Å². The van der Waals surface area contributed by atoms with Crippen LogP contribution in [0.3, 0.4) is 0 Å². The van der Waals surface area contributed by atoms with Crippen molar-refractivity contribution in [1.29, 1.82) is 0 Å². The number of imidazole rings is 1. The standard InChI is InChI=1S/C61H51N3O/c1-39-31-41(3)59(65)54(32-39)60-63-58-51(23-16-24-56(58)64(60)57-38-52(44-19-12-8-13-20-44)40(2)33-53(57)45-21-14-9-15-22-45)48-34-47(42-17-10-7-11-18-42)35-49(36-48)55-37-46(29-30-62-55)43-25-27-50(28-26-43)61(4,5)6/h7-38,65H,1-6H3/i2D3,4D3,5D3,6D3,25D,26D,27D,28D. The summed E-state index contributed by atoms with van der Waals surface area (Å²) in [6, 6.07) is 46.1. The minimum Gasteiger partial charge on any atom is -0.507 e. The molecule has 0 fully saturated rings. The topological polar surface area (TPSA) is 50.9 Å². The molecule has 2 heterocycles. The summed E-state index contributed by atoms with van der Waals surface area (Å²) >= 11 is 0. The third kappa shape index (κ3) is 7.93. The number of hydrogen-bond donors (Lipinski definition) is 1. The fraction of sp³-hybridized carbons (Fsp3) is 0.115. The van der Waals surface area contributed by atoms with Gasteiger partial charge in [-0.3, -0.25) is 9.55 Å². The molecule has 10 rings (SSSR count). The van der Waals surface area contributed by atoms with E-state index in [1.165, 1.54) is 18.3 Å². The minimum absolute atomic E-state index is 0.00391. The first kappa shape index (κ1) is 26.7. The number of aromatic hydroxyl groups is 1. The number of para-hydroxylation sites is 1. The number of pyridine rings is 1. The highest BCUT2D eigenvalue weighted by molar-refractivity contribution is 5.99. The van der Waals surface area contributed by atoms with Gasteiger partial charge in [-0.25, -0.2) is 4.98 Å². The van der Waals surface area contributed by atoms with Crippen molar-refractivity contribution in [3.05, 3.63) is 216 Å². The Balaban J connectivity index is 1.24. The summed E-state index contributed by atoms with van der Waals surface area (Å²) in [5.74, 6) is 0.373. The van der Waals surface area contributed by atoms with Crippen LogP contribution in [0.5, 0.6) is 5.75 Å². The van der Waals surface area contributed by atoms with Gasteiger partial charge in [0, 0.05) is 39.3 Å². The van der Waals surface area contributed by atoms with Crippen LogP contribution in [0.1, 0.15) is 64.7 Å². The van der Waals surface area contributed by atoms with Gasteiger partial charge in [-0.15, -0.1) is 0 Å². The monoisotopic (exact) mass is 858 g/mol. The average molecular weight is 858 g/mol. The first-order valence-corrected chi connectivity index (χ1v) is 21.0. The Morgan fingerprint density at radius 3 is 1.88 bits per heavy atom. The van der Waals surface area contributed by atoms with Crippen molar-refractivity contribution in [3.8, 4) is 89.7 Å². The number of fused-ring (bicyclic) bond motifs is 1. The lowest BCUT2D eigenvalue weighted by atomic mass is 9.86. The number of phenols is 1. The molecule has 0 spiro atoms. The lowest BCUT2D eigenvalue weighted by molar-refractivity contribution is 0.472. The third-order valence-corrected chi connectivity index (χ3v) is 11.6. The maximum atomic E-state index is 12.0. The molecule has 0 aliphatic carbocycles. The molecule has 1 N–H and O–H groups in total. The second-order valence-corrected chi connectivity index (χ2v) is 16.2. The van der Waals surface area contributed by atoms with E-state index in [-0.39, 0.29) is 22.4 Å². The van der Waals surface area contributed by atoms with Crippen molar-refractivity contribution in [2.24, 2.45) is 0 Å². The maximum Gasteiger partial charge on any atom is 0.149 e. The number of rotatable bonds is 8. The Morgan fingerprint density at radius 1 is 0.523 bits per heavy atom. The van der Waals surface area contributed by atoms with Gasteiger partial charge in [0.1, 0.15) is 11.6 Å². The largest absolute Gasteiger partial charge is 0.507 e. The van der Waals surface area contributed by atoms with Crippen molar-refractivity contribution in [2.75, 3.05) is 0 Å². The lowest BCUT2D eigenvalue weighted by Gasteiger charge is -2.19. The highest BCUT2D eigenvalue weighted by atomic mass is 16.3. The highest BCUT2D eigenvalue weighted by Gasteiger charge is 2.24. The third-order valence-electron chi connectivity index (χ3n) is 11.6. The van der Waals surface area contributed by atoms with Crippen molar-refractivity contribution in [2.45, 2.75) is 46.7 Å². The molecule has 8 aromatic carbocycles. The van der Waals surface area contributed by atoms with Crippen LogP contribution in [0.15, 0.2) is 194 Å². The molecule has 0 saturated heterocycles. The molecule has 10 aromatic rings. The van der Waals surface area contributed by atoms with Crippen LogP contribution < -0.4 is 0 Å². The van der Waals surface area contributed by atoms with E-state index in [2.05, 4.69) is 0 Å². The SMILES string of the molecule is [2H]c1c([2H])c(C(C([2H])([2H])[2H])(C([2H])([2H])[2H])C([2H])([2H])[2H])c([2H])c([2H])c1-c1ccnc(-c2cc(-c3ccccc3)cc(-c3cccc4c3nc(-c3cc(C)cc(C)c3O)n4-c3cc(-c4ccccc4)c(C([2H])([2H])[2H])cc3-c3ccccc3)c2)c1. The summed E-state index contributed by atoms with van der Waals surface area (Å²) in [5.41, 5.74) is 4.61. The van der Waals surface area contributed by atoms with Crippen LogP contribution in [0.2, 0.25) is 0 Å². The number of aryl methyl sites for hydroxylation is 3. The molecule has 0 saturated carbocycles. The van der Waals surface area contributed by atoms with Crippen molar-refractivity contribution < 1.29 is 27.0 Å². The molecule has 0 aliphatic rings. The van der Waals surface area contributed by atoms with Gasteiger partial charge in [0.15, 0.2) is 0 Å². The van der Waals surface area contributed by atoms with E-state index >= 15 is 0 Å². The van der Waals surface area contributed by atoms with E-state index in [1.807, 2.05) is 164 Å². The first-order valence-electron chi connectivity index (χ1n) is 29.0. The normalized spacial score (nSPS) is 16.0. The Hall–Kier alpha value is -7.82. The second-order valence-electron chi connectivity index (χ2n) is 16.2. The quantitative estimate of drug-likeness (QED) is 0.166. The summed E-state index contributed by atoms with van der Waals surface area (Å²) in [6.45, 7) is -10.3. The fourth-order valence-electron chi connectivity index (χ4n) is 8.48. The van der Waals surface area contributed by atoms with Gasteiger partial charge < -0.3 is 5.11 Å². The zero-order chi connectivity index (χ0) is 58.3. The Kier molecular flexibility index (Phi) is 6.87. The second kappa shape index (κ2) is 16.7. The average Bonchev–Trinajstić information content (AvgIpc) is 3.97. The van der Waals surface area contributed by atoms with Crippen LogP contribution in [-0.4, -0.2) is 19.6 Å². The van der Waals surface area contributed by atoms with Crippen molar-refractivity contribution >= 4 is 11.0 Å². The molecule has 4 nitrogen and oxygen atoms in total. The lowest BCUT2D eigenvalue weighted by Crippen LogP contribution is -2.10. The highest BCUT2D eigenvalue weighted by Crippen LogP contribution is 2.44. The molecular weight excluding hydrogens is 791 g/mol. The summed E-state index contributed by atoms with van der Waals surface area (Å²) in [7, 11) is 0. The van der Waals surface area contributed by atoms with E-state index in [4.69, 9.17) is 29.2 Å². The first-order chi connectivity index (χ1) is 38.1. The van der Waals surface area contributed by atoms with Crippen LogP contribution >= 0.6 is 0 Å². The van der Waals surface area contributed by atoms with Crippen LogP contribution in [-0.2, 0) is 5.41 Å². The summed E-state index contributed by atoms with van der Waals surface area (Å²) in [5, 5.41) is 12.0. The number of phenolic OH excluding ortho intramolecular Hbond substituents is 1. The van der Waals surface area contributed by atoms with Gasteiger partial charge in [-0.2, -0.15) is 0 Å². The van der Waals surface area contributed by atoms with Gasteiger partial charge in [-0.05, 0) is 147 Å². The Morgan fingerprint density at radius 2 is 1.18 bits per heavy atom. The molecule has 0 radical (unpaired) electrons. The summed E-state index contributed by atoms with van der Waals surface area (Å²) in [6.07, 6.45) is 1.40. The minimum atomic E-state index is -3.84. The van der Waals surface area contributed by atoms with E-state index < -0.39 is 62.6 Å². The predicted molar refractivity (Wildman–Crippen MR) is 271 cm³/mol. The van der Waals surface area contributed by atoms with E-state index in [0.29, 0.717) is 72.7 Å². The van der Waals surface area contributed by atoms with Crippen LogP contribution in [0.4, 0.5) is 0 Å². The van der Waals surface area contributed by atoms with E-state index in [9.17, 15) is 7.85 Å². The molecule has 2 aromatic heterocycles. The van der Waals surface area contributed by atoms with Gasteiger partial charge in [0.25, 0.3) is 0 Å². The zero-order valence-corrected chi connectivity index (χ0v) is 35.5. The molecular formula is C61H51N3O. The van der Waals surface area contributed by atoms with Crippen molar-refractivity contribution in [1.82, 2.24) is 14.5 Å². The number of benzene rings is 8. The smallest absolute Gasteiger partial charge is 0.149 e. The van der Waals surface area contributed by atoms with Gasteiger partial charge in [-0.1, -0.05) is 154 Å². The Labute approximate surface area is 404 Å². The molecule has 0 aliphatic heterocycles. The number of aromatic nitrogens is 3. The van der Waals surface area contributed by atoms with Gasteiger partial charge in [0.2, 0.25) is 0 Å². The summed E-state index contributed by atoms with van der Waals surface area (Å²) < 4.78 is 139. The van der Waals surface area contributed by atoms with Crippen LogP contribution in [0.25, 0.3) is 95.0 Å². The fourth-order valence-corrected chi connectivity index (χ4v) is 8.48. The predicted octanol–water partition coefficient (Wildman–Crippen LogP) is 16.0. The number of nitrogens with zero attached hydrogens (tertiary/aromatic N) is 3. The van der Waals surface area contributed by atoms with Gasteiger partial charge >= 0.3 is 0 Å². The molecule has 65 heavy (non-hydrogen) atoms. The molecule has 0 bridgehead atoms. The molecule has 4 heteroatoms.